The number of benzene rings is 5. The fraction of sp³-hybridized carbons (Fsp3) is 0.205. The summed E-state index contributed by atoms with van der Waals surface area (Å²) in [7, 11) is 0. The third kappa shape index (κ3) is 6.32. The molecule has 3 aliphatic heterocycles. The number of hydrogen-bond acceptors (Lipinski definition) is 5. The van der Waals surface area contributed by atoms with Crippen molar-refractivity contribution in [3.8, 4) is 5.75 Å². The number of nitrogens with zero attached hydrogens (tertiary/aromatic N) is 2. The Morgan fingerprint density at radius 2 is 1.40 bits per heavy atom. The minimum Gasteiger partial charge on any atom is -0.488 e. The topological polar surface area (TPSA) is 79.0 Å². The molecule has 0 aliphatic carbocycles. The van der Waals surface area contributed by atoms with Crippen LogP contribution in [-0.2, 0) is 16.2 Å². The second-order valence-electron chi connectivity index (χ2n) is 13.8. The molecular weight excluding hydrogens is 714 g/mol. The van der Waals surface area contributed by atoms with Gasteiger partial charge in [-0.05, 0) is 102 Å². The van der Waals surface area contributed by atoms with Crippen molar-refractivity contribution in [1.82, 2.24) is 5.32 Å². The number of hydrogen-bond donors (Lipinski definition) is 1. The zero-order valence-electron chi connectivity index (χ0n) is 29.1. The lowest BCUT2D eigenvalue weighted by molar-refractivity contribution is -0.122. The third-order valence-corrected chi connectivity index (χ3v) is 11.1. The number of ether oxygens (including phenoxy) is 1. The Labute approximate surface area is 312 Å². The van der Waals surface area contributed by atoms with E-state index in [0.29, 0.717) is 23.6 Å². The highest BCUT2D eigenvalue weighted by Gasteiger charge is 2.40. The van der Waals surface area contributed by atoms with Gasteiger partial charge in [-0.3, -0.25) is 14.9 Å². The fourth-order valence-corrected chi connectivity index (χ4v) is 8.21. The molecule has 0 saturated carbocycles. The Bertz CT molecular complexity index is 2180. The number of urea groups is 1. The molecule has 1 fully saturated rings. The molecule has 0 unspecified atom stereocenters. The SMILES string of the molecule is Cc1ccc(COc2ccc(Br)cc2/C=C2\C(=O)NC(=O)N(c3cc4c5c(c3)[C@H](c3ccccc3)CCN5CC[C@H]4c3ccccc3)C2=O)cc1C. The van der Waals surface area contributed by atoms with Crippen LogP contribution in [0.25, 0.3) is 6.08 Å². The predicted molar refractivity (Wildman–Crippen MR) is 208 cm³/mol. The van der Waals surface area contributed by atoms with E-state index < -0.39 is 17.8 Å². The van der Waals surface area contributed by atoms with Gasteiger partial charge in [0.25, 0.3) is 11.8 Å². The van der Waals surface area contributed by atoms with Crippen LogP contribution in [0.2, 0.25) is 0 Å². The maximum Gasteiger partial charge on any atom is 0.335 e. The first-order valence-corrected chi connectivity index (χ1v) is 18.5. The lowest BCUT2D eigenvalue weighted by Gasteiger charge is -2.44. The number of imide groups is 2. The van der Waals surface area contributed by atoms with Gasteiger partial charge in [-0.1, -0.05) is 94.8 Å². The monoisotopic (exact) mass is 751 g/mol. The normalized spacial score (nSPS) is 19.1. The Kier molecular flexibility index (Phi) is 9.01. The average Bonchev–Trinajstić information content (AvgIpc) is 3.15. The van der Waals surface area contributed by atoms with E-state index in [2.05, 4.69) is 101 Å². The summed E-state index contributed by atoms with van der Waals surface area (Å²) in [5.74, 6) is -0.760. The van der Waals surface area contributed by atoms with Crippen molar-refractivity contribution in [3.05, 3.63) is 164 Å². The molecular formula is C44H38BrN3O4. The predicted octanol–water partition coefficient (Wildman–Crippen LogP) is 9.19. The Balaban J connectivity index is 1.21. The molecule has 1 saturated heterocycles. The van der Waals surface area contributed by atoms with Crippen molar-refractivity contribution in [2.75, 3.05) is 22.9 Å². The summed E-state index contributed by atoms with van der Waals surface area (Å²) in [4.78, 5) is 45.1. The Hall–Kier alpha value is -5.47. The number of barbiturate groups is 1. The molecule has 8 heteroatoms. The zero-order chi connectivity index (χ0) is 35.9. The van der Waals surface area contributed by atoms with E-state index in [1.54, 1.807) is 12.1 Å². The first kappa shape index (κ1) is 33.7. The number of rotatable bonds is 7. The molecule has 52 heavy (non-hydrogen) atoms. The molecule has 260 valence electrons. The molecule has 7 nitrogen and oxygen atoms in total. The van der Waals surface area contributed by atoms with E-state index in [-0.39, 0.29) is 17.4 Å². The van der Waals surface area contributed by atoms with Gasteiger partial charge in [-0.25, -0.2) is 9.69 Å². The molecule has 1 N–H and O–H groups in total. The minimum atomic E-state index is -0.768. The van der Waals surface area contributed by atoms with Crippen molar-refractivity contribution in [3.63, 3.8) is 0 Å². The van der Waals surface area contributed by atoms with Gasteiger partial charge in [0.05, 0.1) is 5.69 Å². The molecule has 0 aromatic heterocycles. The van der Waals surface area contributed by atoms with E-state index in [4.69, 9.17) is 4.74 Å². The zero-order valence-corrected chi connectivity index (χ0v) is 30.7. The van der Waals surface area contributed by atoms with Crippen molar-refractivity contribution in [2.45, 2.75) is 45.1 Å². The third-order valence-electron chi connectivity index (χ3n) is 10.6. The first-order valence-electron chi connectivity index (χ1n) is 17.7. The van der Waals surface area contributed by atoms with E-state index in [1.165, 1.54) is 34.0 Å². The van der Waals surface area contributed by atoms with Gasteiger partial charge in [0.2, 0.25) is 0 Å². The van der Waals surface area contributed by atoms with Gasteiger partial charge in [0.15, 0.2) is 0 Å². The molecule has 0 spiro atoms. The number of halogens is 1. The van der Waals surface area contributed by atoms with E-state index in [0.717, 1.165) is 52.0 Å². The summed E-state index contributed by atoms with van der Waals surface area (Å²) in [6, 6.07) is 35.7. The molecule has 0 bridgehead atoms. The Morgan fingerprint density at radius 3 is 2.02 bits per heavy atom. The molecule has 3 aliphatic rings. The molecule has 2 atom stereocenters. The number of carbonyl (C=O) groups excluding carboxylic acids is 3. The van der Waals surface area contributed by atoms with Gasteiger partial charge in [-0.2, -0.15) is 0 Å². The van der Waals surface area contributed by atoms with Crippen molar-refractivity contribution < 1.29 is 19.1 Å². The van der Waals surface area contributed by atoms with Gasteiger partial charge in [0, 0.05) is 40.6 Å². The van der Waals surface area contributed by atoms with Crippen LogP contribution in [0.4, 0.5) is 16.2 Å². The maximum absolute atomic E-state index is 14.5. The van der Waals surface area contributed by atoms with Crippen LogP contribution in [0, 0.1) is 13.8 Å². The summed E-state index contributed by atoms with van der Waals surface area (Å²) >= 11 is 3.54. The largest absolute Gasteiger partial charge is 0.488 e. The van der Waals surface area contributed by atoms with Gasteiger partial charge < -0.3 is 9.64 Å². The van der Waals surface area contributed by atoms with E-state index in [9.17, 15) is 14.4 Å². The van der Waals surface area contributed by atoms with Crippen LogP contribution in [-0.4, -0.2) is 30.9 Å². The molecule has 0 radical (unpaired) electrons. The second-order valence-corrected chi connectivity index (χ2v) is 14.7. The molecule has 5 aromatic carbocycles. The maximum atomic E-state index is 14.5. The minimum absolute atomic E-state index is 0.0824. The standard InChI is InChI=1S/C44H38BrN3O4/c1-27-13-14-29(21-28(27)2)26-52-40-16-15-33(45)22-32(40)23-39-42(49)46-44(51)48(43(39)50)34-24-37-35(30-9-5-3-6-10-30)17-19-47-20-18-36(38(25-34)41(37)47)31-11-7-4-8-12-31/h3-16,21-25,35-36H,17-20,26H2,1-2H3,(H,46,49,51)/b39-23+/t35-,36-/m0/s1. The van der Waals surface area contributed by atoms with Crippen LogP contribution in [0.3, 0.4) is 0 Å². The highest BCUT2D eigenvalue weighted by Crippen LogP contribution is 2.50. The summed E-state index contributed by atoms with van der Waals surface area (Å²) in [6.45, 7) is 6.28. The first-order chi connectivity index (χ1) is 25.2. The van der Waals surface area contributed by atoms with Crippen LogP contribution in [0.15, 0.2) is 119 Å². The van der Waals surface area contributed by atoms with Crippen molar-refractivity contribution >= 4 is 51.2 Å². The molecule has 5 aromatic rings. The lowest BCUT2D eigenvalue weighted by atomic mass is 9.76. The van der Waals surface area contributed by atoms with Crippen LogP contribution < -0.4 is 19.9 Å². The highest BCUT2D eigenvalue weighted by molar-refractivity contribution is 9.10. The summed E-state index contributed by atoms with van der Waals surface area (Å²) < 4.78 is 7.00. The number of anilines is 2. The Morgan fingerprint density at radius 1 is 0.769 bits per heavy atom. The smallest absolute Gasteiger partial charge is 0.335 e. The summed E-state index contributed by atoms with van der Waals surface area (Å²) in [6.07, 6.45) is 3.34. The van der Waals surface area contributed by atoms with Crippen LogP contribution in [0.5, 0.6) is 5.75 Å². The van der Waals surface area contributed by atoms with Crippen LogP contribution in [0.1, 0.15) is 69.2 Å². The number of amides is 4. The number of carbonyl (C=O) groups is 3. The van der Waals surface area contributed by atoms with Crippen LogP contribution >= 0.6 is 15.9 Å². The van der Waals surface area contributed by atoms with E-state index >= 15 is 0 Å². The van der Waals surface area contributed by atoms with Crippen molar-refractivity contribution in [2.24, 2.45) is 0 Å². The van der Waals surface area contributed by atoms with Gasteiger partial charge in [-0.15, -0.1) is 0 Å². The van der Waals surface area contributed by atoms with E-state index in [1.807, 2.05) is 36.4 Å². The summed E-state index contributed by atoms with van der Waals surface area (Å²) in [5.41, 5.74) is 9.94. The lowest BCUT2D eigenvalue weighted by Crippen LogP contribution is -2.54. The molecule has 3 heterocycles. The highest BCUT2D eigenvalue weighted by atomic mass is 79.9. The quantitative estimate of drug-likeness (QED) is 0.133. The summed E-state index contributed by atoms with van der Waals surface area (Å²) in [5, 5.41) is 2.45. The average molecular weight is 753 g/mol. The molecule has 8 rings (SSSR count). The van der Waals surface area contributed by atoms with Gasteiger partial charge >= 0.3 is 6.03 Å². The van der Waals surface area contributed by atoms with Crippen molar-refractivity contribution in [1.29, 1.82) is 0 Å². The fourth-order valence-electron chi connectivity index (χ4n) is 7.83. The second kappa shape index (κ2) is 13.9. The number of nitrogens with one attached hydrogen (secondary N) is 1. The van der Waals surface area contributed by atoms with Gasteiger partial charge in [0.1, 0.15) is 17.9 Å². The molecule has 4 amide bonds. The number of aryl methyl sites for hydroxylation is 2.